The molecule has 0 aromatic heterocycles. The van der Waals surface area contributed by atoms with Crippen molar-refractivity contribution >= 4 is 5.69 Å². The monoisotopic (exact) mass is 297 g/mol. The van der Waals surface area contributed by atoms with Crippen LogP contribution < -0.4 is 5.32 Å². The lowest BCUT2D eigenvalue weighted by Crippen LogP contribution is -2.45. The zero-order valence-corrected chi connectivity index (χ0v) is 13.6. The van der Waals surface area contributed by atoms with Crippen molar-refractivity contribution in [2.75, 3.05) is 11.9 Å². The maximum absolute atomic E-state index is 6.27. The Bertz CT molecular complexity index is 565. The molecule has 1 aromatic rings. The third-order valence-corrected chi connectivity index (χ3v) is 5.80. The van der Waals surface area contributed by atoms with Gasteiger partial charge in [-0.05, 0) is 56.1 Å². The van der Waals surface area contributed by atoms with Crippen LogP contribution in [0.2, 0.25) is 0 Å². The van der Waals surface area contributed by atoms with Gasteiger partial charge in [-0.1, -0.05) is 31.2 Å². The predicted octanol–water partition coefficient (Wildman–Crippen LogP) is 4.87. The predicted molar refractivity (Wildman–Crippen MR) is 91.1 cm³/mol. The minimum atomic E-state index is 0.312. The molecule has 0 radical (unpaired) electrons. The Morgan fingerprint density at radius 1 is 1.23 bits per heavy atom. The maximum Gasteiger partial charge on any atom is 0.0892 e. The average molecular weight is 297 g/mol. The summed E-state index contributed by atoms with van der Waals surface area (Å²) in [6.07, 6.45) is 12.4. The van der Waals surface area contributed by atoms with Crippen LogP contribution in [0.1, 0.15) is 56.3 Å². The smallest absolute Gasteiger partial charge is 0.0892 e. The number of aryl methyl sites for hydroxylation is 1. The maximum atomic E-state index is 6.27. The molecule has 1 N–H and O–H groups in total. The molecule has 4 rings (SSSR count). The number of ether oxygens (including phenoxy) is 1. The highest BCUT2D eigenvalue weighted by Crippen LogP contribution is 2.47. The summed E-state index contributed by atoms with van der Waals surface area (Å²) in [5.74, 6) is 1.41. The van der Waals surface area contributed by atoms with Crippen LogP contribution in [-0.4, -0.2) is 12.6 Å². The van der Waals surface area contributed by atoms with Gasteiger partial charge in [-0.2, -0.15) is 0 Å². The van der Waals surface area contributed by atoms with E-state index in [-0.39, 0.29) is 0 Å². The summed E-state index contributed by atoms with van der Waals surface area (Å²) in [5, 5.41) is 3.90. The van der Waals surface area contributed by atoms with Crippen LogP contribution in [0.5, 0.6) is 0 Å². The van der Waals surface area contributed by atoms with Gasteiger partial charge >= 0.3 is 0 Å². The molecule has 1 fully saturated rings. The first-order valence-electron chi connectivity index (χ1n) is 9.02. The van der Waals surface area contributed by atoms with E-state index in [4.69, 9.17) is 4.74 Å². The molecular formula is C20H27NO. The van der Waals surface area contributed by atoms with E-state index >= 15 is 0 Å². The molecule has 0 saturated carbocycles. The Morgan fingerprint density at radius 3 is 3.00 bits per heavy atom. The Balaban J connectivity index is 1.69. The van der Waals surface area contributed by atoms with E-state index in [1.54, 1.807) is 0 Å². The first-order chi connectivity index (χ1) is 10.9. The molecule has 2 heteroatoms. The van der Waals surface area contributed by atoms with Gasteiger partial charge in [-0.3, -0.25) is 0 Å². The molecule has 1 aromatic carbocycles. The number of benzene rings is 1. The summed E-state index contributed by atoms with van der Waals surface area (Å²) >= 11 is 0. The number of fused-ring (bicyclic) bond motifs is 3. The molecule has 2 heterocycles. The van der Waals surface area contributed by atoms with Crippen molar-refractivity contribution in [2.24, 2.45) is 11.8 Å². The summed E-state index contributed by atoms with van der Waals surface area (Å²) in [6.45, 7) is 3.16. The van der Waals surface area contributed by atoms with Crippen molar-refractivity contribution in [1.29, 1.82) is 0 Å². The van der Waals surface area contributed by atoms with E-state index in [9.17, 15) is 0 Å². The number of nitrogens with one attached hydrogen (secondary N) is 1. The number of rotatable bonds is 2. The standard InChI is InChI=1S/C20H27NO/c1-2-14-10-11-18-17(13-14)20-16(9-6-12-22-20)19(21-18)15-7-4-3-5-8-15/h3-4,10-11,13,15-16,19-21H,2,5-9,12H2,1H3/t15?,16-,19-,20-/m0/s1. The van der Waals surface area contributed by atoms with Gasteiger partial charge in [0.05, 0.1) is 6.10 Å². The summed E-state index contributed by atoms with van der Waals surface area (Å²) in [7, 11) is 0. The molecule has 2 aliphatic heterocycles. The number of hydrogen-bond donors (Lipinski definition) is 1. The highest BCUT2D eigenvalue weighted by Gasteiger charge is 2.42. The molecule has 0 bridgehead atoms. The lowest BCUT2D eigenvalue weighted by atomic mass is 9.72. The molecule has 22 heavy (non-hydrogen) atoms. The Hall–Kier alpha value is -1.28. The number of allylic oxidation sites excluding steroid dienone is 2. The first kappa shape index (κ1) is 14.3. The SMILES string of the molecule is CCc1ccc2c(c1)[C@H]1OCCC[C@H]1[C@H](C1CC=CCC1)N2. The van der Waals surface area contributed by atoms with Crippen molar-refractivity contribution in [3.8, 4) is 0 Å². The van der Waals surface area contributed by atoms with Crippen molar-refractivity contribution in [1.82, 2.24) is 0 Å². The molecule has 1 saturated heterocycles. The van der Waals surface area contributed by atoms with E-state index in [2.05, 4.69) is 42.6 Å². The fourth-order valence-corrected chi connectivity index (χ4v) is 4.59. The summed E-state index contributed by atoms with van der Waals surface area (Å²) in [4.78, 5) is 0. The van der Waals surface area contributed by atoms with Gasteiger partial charge in [0.1, 0.15) is 0 Å². The molecule has 0 spiro atoms. The largest absolute Gasteiger partial charge is 0.381 e. The molecule has 1 unspecified atom stereocenters. The molecule has 2 nitrogen and oxygen atoms in total. The van der Waals surface area contributed by atoms with Crippen molar-refractivity contribution in [2.45, 2.75) is 57.6 Å². The summed E-state index contributed by atoms with van der Waals surface area (Å²) < 4.78 is 6.27. The van der Waals surface area contributed by atoms with Gasteiger partial charge in [-0.25, -0.2) is 0 Å². The van der Waals surface area contributed by atoms with E-state index in [1.807, 2.05) is 0 Å². The van der Waals surface area contributed by atoms with Crippen molar-refractivity contribution in [3.05, 3.63) is 41.5 Å². The van der Waals surface area contributed by atoms with Gasteiger partial charge < -0.3 is 10.1 Å². The first-order valence-corrected chi connectivity index (χ1v) is 9.02. The Morgan fingerprint density at radius 2 is 2.18 bits per heavy atom. The second-order valence-corrected chi connectivity index (χ2v) is 7.09. The second kappa shape index (κ2) is 6.08. The second-order valence-electron chi connectivity index (χ2n) is 7.09. The number of hydrogen-bond acceptors (Lipinski definition) is 2. The zero-order chi connectivity index (χ0) is 14.9. The van der Waals surface area contributed by atoms with Crippen molar-refractivity contribution in [3.63, 3.8) is 0 Å². The topological polar surface area (TPSA) is 21.3 Å². The number of anilines is 1. The van der Waals surface area contributed by atoms with E-state index in [0.717, 1.165) is 18.9 Å². The minimum absolute atomic E-state index is 0.312. The van der Waals surface area contributed by atoms with E-state index < -0.39 is 0 Å². The average Bonchev–Trinajstić information content (AvgIpc) is 2.61. The zero-order valence-electron chi connectivity index (χ0n) is 13.6. The van der Waals surface area contributed by atoms with Crippen LogP contribution in [0.15, 0.2) is 30.4 Å². The van der Waals surface area contributed by atoms with Gasteiger partial charge in [-0.15, -0.1) is 0 Å². The highest BCUT2D eigenvalue weighted by molar-refractivity contribution is 5.57. The molecule has 3 aliphatic rings. The highest BCUT2D eigenvalue weighted by atomic mass is 16.5. The molecule has 1 aliphatic carbocycles. The van der Waals surface area contributed by atoms with Gasteiger partial charge in [0.15, 0.2) is 0 Å². The van der Waals surface area contributed by atoms with Crippen LogP contribution in [0.4, 0.5) is 5.69 Å². The molecule has 118 valence electrons. The van der Waals surface area contributed by atoms with Gasteiger partial charge in [0.25, 0.3) is 0 Å². The van der Waals surface area contributed by atoms with Crippen LogP contribution in [0.25, 0.3) is 0 Å². The fourth-order valence-electron chi connectivity index (χ4n) is 4.59. The normalized spacial score (nSPS) is 33.7. The quantitative estimate of drug-likeness (QED) is 0.787. The minimum Gasteiger partial charge on any atom is -0.381 e. The molecule has 4 atom stereocenters. The van der Waals surface area contributed by atoms with Crippen LogP contribution in [0, 0.1) is 11.8 Å². The van der Waals surface area contributed by atoms with Crippen LogP contribution >= 0.6 is 0 Å². The third-order valence-electron chi connectivity index (χ3n) is 5.80. The fraction of sp³-hybridized carbons (Fsp3) is 0.600. The summed E-state index contributed by atoms with van der Waals surface area (Å²) in [5.41, 5.74) is 4.15. The Labute approximate surface area is 133 Å². The summed E-state index contributed by atoms with van der Waals surface area (Å²) in [6, 6.07) is 7.51. The van der Waals surface area contributed by atoms with Gasteiger partial charge in [0, 0.05) is 29.8 Å². The van der Waals surface area contributed by atoms with Crippen LogP contribution in [0.3, 0.4) is 0 Å². The van der Waals surface area contributed by atoms with E-state index in [0.29, 0.717) is 18.1 Å². The lowest BCUT2D eigenvalue weighted by Gasteiger charge is -2.46. The van der Waals surface area contributed by atoms with E-state index in [1.165, 1.54) is 48.9 Å². The lowest BCUT2D eigenvalue weighted by molar-refractivity contribution is -0.0444. The van der Waals surface area contributed by atoms with Crippen molar-refractivity contribution < 1.29 is 4.74 Å². The Kier molecular flexibility index (Phi) is 3.96. The molecule has 0 amide bonds. The van der Waals surface area contributed by atoms with Crippen LogP contribution in [-0.2, 0) is 11.2 Å². The third kappa shape index (κ3) is 2.48. The molecular weight excluding hydrogens is 270 g/mol. The van der Waals surface area contributed by atoms with Gasteiger partial charge in [0.2, 0.25) is 0 Å².